The highest BCUT2D eigenvalue weighted by Gasteiger charge is 2.44. The molecule has 2 aliphatic rings. The zero-order valence-electron chi connectivity index (χ0n) is 22.6. The Hall–Kier alpha value is -3.40. The van der Waals surface area contributed by atoms with Gasteiger partial charge in [-0.1, -0.05) is 92.7 Å². The van der Waals surface area contributed by atoms with Crippen molar-refractivity contribution in [1.29, 1.82) is 0 Å². The Balaban J connectivity index is 1.52. The van der Waals surface area contributed by atoms with Crippen LogP contribution in [-0.4, -0.2) is 12.5 Å². The monoisotopic (exact) mass is 542 g/mol. The average molecular weight is 543 g/mol. The highest BCUT2D eigenvalue weighted by atomic mass is 32.2. The SMILES string of the molecule is CSc1ccc(C2(c3ccc(SC)cc3)C=Cc3c4c(c5ccccc5c3O2)-c2ccccc2C4(C)C)cc1. The Kier molecular flexibility index (Phi) is 5.73. The molecule has 5 aromatic carbocycles. The normalized spacial score (nSPS) is 15.9. The van der Waals surface area contributed by atoms with Crippen molar-refractivity contribution < 1.29 is 4.74 Å². The van der Waals surface area contributed by atoms with E-state index >= 15 is 0 Å². The Morgan fingerprint density at radius 3 is 1.82 bits per heavy atom. The number of fused-ring (bicyclic) bond motifs is 8. The molecule has 0 fully saturated rings. The highest BCUT2D eigenvalue weighted by molar-refractivity contribution is 7.98. The fourth-order valence-corrected chi connectivity index (χ4v) is 7.37. The molecule has 0 unspecified atom stereocenters. The maximum atomic E-state index is 7.37. The molecule has 0 saturated carbocycles. The Labute approximate surface area is 239 Å². The lowest BCUT2D eigenvalue weighted by Gasteiger charge is -2.38. The number of ether oxygens (including phenoxy) is 1. The van der Waals surface area contributed by atoms with Gasteiger partial charge < -0.3 is 4.74 Å². The fourth-order valence-electron chi connectivity index (χ4n) is 6.56. The number of hydrogen-bond donors (Lipinski definition) is 0. The molecule has 7 rings (SSSR count). The van der Waals surface area contributed by atoms with E-state index in [0.29, 0.717) is 0 Å². The molecule has 192 valence electrons. The van der Waals surface area contributed by atoms with Crippen LogP contribution < -0.4 is 4.74 Å². The largest absolute Gasteiger partial charge is 0.472 e. The van der Waals surface area contributed by atoms with Gasteiger partial charge in [0.2, 0.25) is 0 Å². The van der Waals surface area contributed by atoms with Crippen molar-refractivity contribution in [2.75, 3.05) is 12.5 Å². The van der Waals surface area contributed by atoms with E-state index in [4.69, 9.17) is 4.74 Å². The molecule has 5 aromatic rings. The van der Waals surface area contributed by atoms with E-state index in [-0.39, 0.29) is 5.41 Å². The van der Waals surface area contributed by atoms with E-state index < -0.39 is 5.60 Å². The van der Waals surface area contributed by atoms with Crippen LogP contribution in [0.1, 0.15) is 41.7 Å². The van der Waals surface area contributed by atoms with E-state index in [1.165, 1.54) is 43.0 Å². The zero-order valence-corrected chi connectivity index (χ0v) is 24.3. The van der Waals surface area contributed by atoms with Crippen LogP contribution in [0.4, 0.5) is 0 Å². The second kappa shape index (κ2) is 9.08. The van der Waals surface area contributed by atoms with Gasteiger partial charge in [-0.3, -0.25) is 0 Å². The Morgan fingerprint density at radius 1 is 0.641 bits per heavy atom. The number of benzene rings is 5. The van der Waals surface area contributed by atoms with E-state index in [9.17, 15) is 0 Å². The van der Waals surface area contributed by atoms with Gasteiger partial charge in [0.15, 0.2) is 5.60 Å². The molecule has 0 amide bonds. The first kappa shape index (κ1) is 24.6. The number of rotatable bonds is 4. The van der Waals surface area contributed by atoms with Crippen molar-refractivity contribution in [1.82, 2.24) is 0 Å². The first-order valence-electron chi connectivity index (χ1n) is 13.3. The highest BCUT2D eigenvalue weighted by Crippen LogP contribution is 2.58. The molecule has 0 bridgehead atoms. The van der Waals surface area contributed by atoms with Gasteiger partial charge >= 0.3 is 0 Å². The maximum absolute atomic E-state index is 7.37. The number of thioether (sulfide) groups is 2. The van der Waals surface area contributed by atoms with Gasteiger partial charge in [0, 0.05) is 37.3 Å². The van der Waals surface area contributed by atoms with Crippen molar-refractivity contribution in [3.63, 3.8) is 0 Å². The lowest BCUT2D eigenvalue weighted by molar-refractivity contribution is 0.163. The molecular formula is C36H30OS2. The van der Waals surface area contributed by atoms with Crippen LogP contribution in [0.15, 0.2) is 113 Å². The lowest BCUT2D eigenvalue weighted by atomic mass is 9.77. The lowest BCUT2D eigenvalue weighted by Crippen LogP contribution is -2.35. The summed E-state index contributed by atoms with van der Waals surface area (Å²) < 4.78 is 7.37. The second-order valence-electron chi connectivity index (χ2n) is 10.8. The Morgan fingerprint density at radius 2 is 1.21 bits per heavy atom. The summed E-state index contributed by atoms with van der Waals surface area (Å²) in [6.45, 7) is 4.70. The summed E-state index contributed by atoms with van der Waals surface area (Å²) in [6.07, 6.45) is 8.85. The zero-order chi connectivity index (χ0) is 26.8. The molecule has 0 saturated heterocycles. The third-order valence-corrected chi connectivity index (χ3v) is 9.97. The minimum Gasteiger partial charge on any atom is -0.472 e. The minimum absolute atomic E-state index is 0.131. The van der Waals surface area contributed by atoms with E-state index in [2.05, 4.69) is 136 Å². The number of hydrogen-bond acceptors (Lipinski definition) is 3. The van der Waals surface area contributed by atoms with Crippen molar-refractivity contribution >= 4 is 40.4 Å². The maximum Gasteiger partial charge on any atom is 0.178 e. The Bertz CT molecular complexity index is 1710. The first-order valence-corrected chi connectivity index (χ1v) is 15.8. The summed E-state index contributed by atoms with van der Waals surface area (Å²) in [4.78, 5) is 2.49. The van der Waals surface area contributed by atoms with Crippen LogP contribution in [-0.2, 0) is 11.0 Å². The topological polar surface area (TPSA) is 9.23 Å². The molecule has 0 N–H and O–H groups in total. The predicted octanol–water partition coefficient (Wildman–Crippen LogP) is 9.94. The van der Waals surface area contributed by atoms with Crippen molar-refractivity contribution in [3.05, 3.63) is 131 Å². The fraction of sp³-hybridized carbons (Fsp3) is 0.167. The quantitative estimate of drug-likeness (QED) is 0.209. The summed E-state index contributed by atoms with van der Waals surface area (Å²) >= 11 is 3.52. The first-order chi connectivity index (χ1) is 19.0. The molecule has 0 spiro atoms. The van der Waals surface area contributed by atoms with Crippen LogP contribution in [0.25, 0.3) is 28.0 Å². The summed E-state index contributed by atoms with van der Waals surface area (Å²) in [5, 5.41) is 2.41. The van der Waals surface area contributed by atoms with Gasteiger partial charge in [0.25, 0.3) is 0 Å². The molecule has 0 radical (unpaired) electrons. The van der Waals surface area contributed by atoms with E-state index in [1.54, 1.807) is 23.5 Å². The third-order valence-electron chi connectivity index (χ3n) is 8.49. The molecule has 3 heteroatoms. The van der Waals surface area contributed by atoms with Gasteiger partial charge in [0.1, 0.15) is 5.75 Å². The predicted molar refractivity (Wildman–Crippen MR) is 168 cm³/mol. The smallest absolute Gasteiger partial charge is 0.178 e. The van der Waals surface area contributed by atoms with Crippen molar-refractivity contribution in [2.45, 2.75) is 34.7 Å². The second-order valence-corrected chi connectivity index (χ2v) is 12.6. The average Bonchev–Trinajstić information content (AvgIpc) is 3.24. The van der Waals surface area contributed by atoms with Crippen LogP contribution in [0, 0.1) is 0 Å². The van der Waals surface area contributed by atoms with Gasteiger partial charge in [-0.15, -0.1) is 23.5 Å². The van der Waals surface area contributed by atoms with Crippen LogP contribution >= 0.6 is 23.5 Å². The summed E-state index contributed by atoms with van der Waals surface area (Å²) in [6, 6.07) is 35.3. The van der Waals surface area contributed by atoms with Crippen LogP contribution in [0.2, 0.25) is 0 Å². The van der Waals surface area contributed by atoms with Gasteiger partial charge in [0.05, 0.1) is 0 Å². The van der Waals surface area contributed by atoms with E-state index in [1.807, 2.05) is 0 Å². The molecule has 1 aliphatic carbocycles. The molecule has 0 aromatic heterocycles. The summed E-state index contributed by atoms with van der Waals surface area (Å²) in [5.74, 6) is 0.968. The molecular weight excluding hydrogens is 513 g/mol. The van der Waals surface area contributed by atoms with Crippen molar-refractivity contribution in [2.24, 2.45) is 0 Å². The van der Waals surface area contributed by atoms with Gasteiger partial charge in [-0.05, 0) is 70.5 Å². The molecule has 0 atom stereocenters. The summed E-state index contributed by atoms with van der Waals surface area (Å²) in [5.41, 5.74) is 8.02. The standard InChI is InChI=1S/C36H30OS2/c1-35(2)31-12-8-7-11-29(31)32-27-9-5-6-10-28(27)34-30(33(32)35)21-22-36(37-34,23-13-17-25(38-3)18-14-23)24-15-19-26(39-4)20-16-24/h5-22H,1-4H3. The molecule has 1 heterocycles. The van der Waals surface area contributed by atoms with Crippen LogP contribution in [0.3, 0.4) is 0 Å². The van der Waals surface area contributed by atoms with Gasteiger partial charge in [-0.2, -0.15) is 0 Å². The minimum atomic E-state index is -0.729. The molecule has 39 heavy (non-hydrogen) atoms. The molecule has 1 aliphatic heterocycles. The van der Waals surface area contributed by atoms with Gasteiger partial charge in [-0.25, -0.2) is 0 Å². The van der Waals surface area contributed by atoms with Crippen molar-refractivity contribution in [3.8, 4) is 16.9 Å². The van der Waals surface area contributed by atoms with E-state index in [0.717, 1.165) is 22.3 Å². The third kappa shape index (κ3) is 3.56. The summed E-state index contributed by atoms with van der Waals surface area (Å²) in [7, 11) is 0. The molecule has 1 nitrogen and oxygen atoms in total. The van der Waals surface area contributed by atoms with Crippen LogP contribution in [0.5, 0.6) is 5.75 Å².